The number of rotatable bonds is 3. The van der Waals surface area contributed by atoms with E-state index in [2.05, 4.69) is 5.32 Å². The average Bonchev–Trinajstić information content (AvgIpc) is 2.54. The van der Waals surface area contributed by atoms with Gasteiger partial charge in [-0.15, -0.1) is 0 Å². The van der Waals surface area contributed by atoms with Crippen molar-refractivity contribution in [2.24, 2.45) is 0 Å². The maximum atomic E-state index is 13.8. The smallest absolute Gasteiger partial charge is 0.245 e. The van der Waals surface area contributed by atoms with Gasteiger partial charge in [0.1, 0.15) is 11.9 Å². The van der Waals surface area contributed by atoms with Crippen LogP contribution in [0.25, 0.3) is 0 Å². The zero-order valence-corrected chi connectivity index (χ0v) is 11.9. The van der Waals surface area contributed by atoms with Gasteiger partial charge in [0.05, 0.1) is 0 Å². The first-order valence-electron chi connectivity index (χ1n) is 6.53. The number of hydrogen-bond donors (Lipinski definition) is 1. The number of nitrogens with zero attached hydrogens (tertiary/aromatic N) is 1. The van der Waals surface area contributed by atoms with Crippen molar-refractivity contribution in [1.82, 2.24) is 10.2 Å². The summed E-state index contributed by atoms with van der Waals surface area (Å²) >= 11 is 5.70. The zero-order valence-electron chi connectivity index (χ0n) is 11.2. The van der Waals surface area contributed by atoms with E-state index in [4.69, 9.17) is 11.6 Å². The molecule has 1 aromatic carbocycles. The molecule has 0 spiro atoms. The molecule has 2 rings (SSSR count). The molecule has 108 valence electrons. The van der Waals surface area contributed by atoms with Crippen LogP contribution in [0, 0.1) is 5.82 Å². The molecule has 0 bridgehead atoms. The first-order valence-corrected chi connectivity index (χ1v) is 6.91. The van der Waals surface area contributed by atoms with Gasteiger partial charge in [-0.3, -0.25) is 9.59 Å². The van der Waals surface area contributed by atoms with Crippen molar-refractivity contribution in [3.05, 3.63) is 34.6 Å². The molecular formula is C14H16ClFN2O2. The van der Waals surface area contributed by atoms with Gasteiger partial charge in [-0.25, -0.2) is 4.39 Å². The summed E-state index contributed by atoms with van der Waals surface area (Å²) in [7, 11) is 0. The van der Waals surface area contributed by atoms with Crippen molar-refractivity contribution < 1.29 is 14.0 Å². The third-order valence-electron chi connectivity index (χ3n) is 3.34. The Hall–Kier alpha value is -1.62. The quantitative estimate of drug-likeness (QED) is 0.929. The fourth-order valence-corrected chi connectivity index (χ4v) is 2.34. The second-order valence-corrected chi connectivity index (χ2v) is 5.21. The van der Waals surface area contributed by atoms with Crippen LogP contribution in [-0.4, -0.2) is 29.3 Å². The van der Waals surface area contributed by atoms with E-state index in [0.29, 0.717) is 23.6 Å². The Bertz CT molecular complexity index is 536. The van der Waals surface area contributed by atoms with Crippen molar-refractivity contribution >= 4 is 23.4 Å². The summed E-state index contributed by atoms with van der Waals surface area (Å²) in [4.78, 5) is 25.3. The summed E-state index contributed by atoms with van der Waals surface area (Å²) in [5.74, 6) is -0.765. The minimum atomic E-state index is -0.527. The Morgan fingerprint density at radius 3 is 2.85 bits per heavy atom. The molecule has 0 radical (unpaired) electrons. The van der Waals surface area contributed by atoms with Crippen molar-refractivity contribution in [3.63, 3.8) is 0 Å². The molecule has 2 amide bonds. The molecule has 1 N–H and O–H groups in total. The summed E-state index contributed by atoms with van der Waals surface area (Å²) < 4.78 is 13.8. The van der Waals surface area contributed by atoms with E-state index in [1.54, 1.807) is 12.1 Å². The van der Waals surface area contributed by atoms with Crippen LogP contribution in [-0.2, 0) is 16.1 Å². The number of carbonyl (C=O) groups is 2. The summed E-state index contributed by atoms with van der Waals surface area (Å²) in [5, 5.41) is 2.99. The molecule has 1 aliphatic heterocycles. The third-order valence-corrected chi connectivity index (χ3v) is 3.57. The van der Waals surface area contributed by atoms with E-state index in [0.717, 1.165) is 0 Å². The number of carbonyl (C=O) groups excluding carboxylic acids is 2. The number of halogens is 2. The predicted molar refractivity (Wildman–Crippen MR) is 73.7 cm³/mol. The highest BCUT2D eigenvalue weighted by atomic mass is 35.5. The Balaban J connectivity index is 2.18. The Morgan fingerprint density at radius 1 is 1.45 bits per heavy atom. The van der Waals surface area contributed by atoms with E-state index < -0.39 is 11.9 Å². The van der Waals surface area contributed by atoms with Crippen LogP contribution in [0.1, 0.15) is 25.3 Å². The van der Waals surface area contributed by atoms with Crippen molar-refractivity contribution in [1.29, 1.82) is 0 Å². The lowest BCUT2D eigenvalue weighted by atomic mass is 10.1. The molecule has 1 aliphatic rings. The molecular weight excluding hydrogens is 283 g/mol. The van der Waals surface area contributed by atoms with Crippen LogP contribution >= 0.6 is 11.6 Å². The van der Waals surface area contributed by atoms with Crippen LogP contribution in [0.5, 0.6) is 0 Å². The molecule has 0 saturated carbocycles. The lowest BCUT2D eigenvalue weighted by Gasteiger charge is -2.23. The summed E-state index contributed by atoms with van der Waals surface area (Å²) in [5.41, 5.74) is 0.395. The van der Waals surface area contributed by atoms with Gasteiger partial charge < -0.3 is 10.2 Å². The van der Waals surface area contributed by atoms with Gasteiger partial charge in [0.2, 0.25) is 11.8 Å². The number of nitrogens with one attached hydrogen (secondary N) is 1. The van der Waals surface area contributed by atoms with Gasteiger partial charge in [-0.2, -0.15) is 0 Å². The minimum Gasteiger partial charge on any atom is -0.344 e. The first kappa shape index (κ1) is 14.8. The maximum absolute atomic E-state index is 13.8. The van der Waals surface area contributed by atoms with E-state index >= 15 is 0 Å². The van der Waals surface area contributed by atoms with Crippen LogP contribution in [0.3, 0.4) is 0 Å². The standard InChI is InChI=1S/C14H16ClFN2O2/c1-2-12-14(20)18(6-5-13(19)17-12)8-9-3-4-10(15)7-11(9)16/h3-4,7,12H,2,5-6,8H2,1H3,(H,17,19). The molecule has 1 fully saturated rings. The van der Waals surface area contributed by atoms with Crippen LogP contribution in [0.15, 0.2) is 18.2 Å². The first-order chi connectivity index (χ1) is 9.51. The number of hydrogen-bond acceptors (Lipinski definition) is 2. The molecule has 1 saturated heterocycles. The maximum Gasteiger partial charge on any atom is 0.245 e. The second kappa shape index (κ2) is 6.22. The molecule has 1 heterocycles. The third kappa shape index (κ3) is 3.28. The highest BCUT2D eigenvalue weighted by Crippen LogP contribution is 2.18. The van der Waals surface area contributed by atoms with Gasteiger partial charge in [0.25, 0.3) is 0 Å². The average molecular weight is 299 g/mol. The highest BCUT2D eigenvalue weighted by Gasteiger charge is 2.28. The van der Waals surface area contributed by atoms with Crippen LogP contribution in [0.2, 0.25) is 5.02 Å². The van der Waals surface area contributed by atoms with Crippen molar-refractivity contribution in [2.75, 3.05) is 6.54 Å². The van der Waals surface area contributed by atoms with Gasteiger partial charge in [-0.05, 0) is 18.6 Å². The number of amides is 2. The van der Waals surface area contributed by atoms with Gasteiger partial charge in [0.15, 0.2) is 0 Å². The molecule has 1 aromatic rings. The van der Waals surface area contributed by atoms with E-state index in [9.17, 15) is 14.0 Å². The predicted octanol–water partition coefficient (Wildman–Crippen LogP) is 2.11. The lowest BCUT2D eigenvalue weighted by Crippen LogP contribution is -2.44. The van der Waals surface area contributed by atoms with Crippen molar-refractivity contribution in [3.8, 4) is 0 Å². The fourth-order valence-electron chi connectivity index (χ4n) is 2.18. The van der Waals surface area contributed by atoms with Gasteiger partial charge >= 0.3 is 0 Å². The van der Waals surface area contributed by atoms with E-state index in [1.165, 1.54) is 11.0 Å². The Morgan fingerprint density at radius 2 is 2.20 bits per heavy atom. The van der Waals surface area contributed by atoms with E-state index in [-0.39, 0.29) is 24.8 Å². The normalized spacial score (nSPS) is 19.8. The monoisotopic (exact) mass is 298 g/mol. The Kier molecular flexibility index (Phi) is 4.60. The van der Waals surface area contributed by atoms with Crippen LogP contribution < -0.4 is 5.32 Å². The topological polar surface area (TPSA) is 49.4 Å². The molecule has 4 nitrogen and oxygen atoms in total. The molecule has 1 atom stereocenters. The molecule has 20 heavy (non-hydrogen) atoms. The molecule has 0 aromatic heterocycles. The minimum absolute atomic E-state index is 0.146. The number of benzene rings is 1. The summed E-state index contributed by atoms with van der Waals surface area (Å²) in [6.07, 6.45) is 0.752. The second-order valence-electron chi connectivity index (χ2n) is 4.77. The van der Waals surface area contributed by atoms with Gasteiger partial charge in [-0.1, -0.05) is 24.6 Å². The summed E-state index contributed by atoms with van der Waals surface area (Å²) in [6.45, 7) is 2.27. The van der Waals surface area contributed by atoms with Gasteiger partial charge in [0, 0.05) is 30.1 Å². The highest BCUT2D eigenvalue weighted by molar-refractivity contribution is 6.30. The van der Waals surface area contributed by atoms with Crippen molar-refractivity contribution in [2.45, 2.75) is 32.4 Å². The summed E-state index contributed by atoms with van der Waals surface area (Å²) in [6, 6.07) is 3.84. The largest absolute Gasteiger partial charge is 0.344 e. The Labute approximate surface area is 121 Å². The molecule has 6 heteroatoms. The van der Waals surface area contributed by atoms with E-state index in [1.807, 2.05) is 6.92 Å². The SMILES string of the molecule is CCC1NC(=O)CCN(Cc2ccc(Cl)cc2F)C1=O. The lowest BCUT2D eigenvalue weighted by molar-refractivity contribution is -0.134. The molecule has 0 aliphatic carbocycles. The fraction of sp³-hybridized carbons (Fsp3) is 0.429. The zero-order chi connectivity index (χ0) is 14.7. The molecule has 1 unspecified atom stereocenters. The van der Waals surface area contributed by atoms with Crippen LogP contribution in [0.4, 0.5) is 4.39 Å².